The van der Waals surface area contributed by atoms with Crippen molar-refractivity contribution >= 4 is 15.9 Å². The van der Waals surface area contributed by atoms with Crippen molar-refractivity contribution < 1.29 is 9.15 Å². The fraction of sp³-hybridized carbons (Fsp3) is 0.308. The molecule has 0 fully saturated rings. The number of ether oxygens (including phenoxy) is 1. The van der Waals surface area contributed by atoms with E-state index >= 15 is 0 Å². The molecule has 1 aromatic heterocycles. The van der Waals surface area contributed by atoms with E-state index in [0.717, 1.165) is 33.8 Å². The van der Waals surface area contributed by atoms with Gasteiger partial charge >= 0.3 is 0 Å². The summed E-state index contributed by atoms with van der Waals surface area (Å²) in [6.45, 7) is 3.63. The van der Waals surface area contributed by atoms with E-state index in [4.69, 9.17) is 9.15 Å². The zero-order valence-corrected chi connectivity index (χ0v) is 12.0. The van der Waals surface area contributed by atoms with Gasteiger partial charge in [0.1, 0.15) is 11.4 Å². The van der Waals surface area contributed by atoms with Crippen molar-refractivity contribution in [3.8, 4) is 17.1 Å². The van der Waals surface area contributed by atoms with Gasteiger partial charge in [0.2, 0.25) is 0 Å². The Morgan fingerprint density at radius 1 is 1.44 bits per heavy atom. The van der Waals surface area contributed by atoms with Crippen molar-refractivity contribution in [3.05, 3.63) is 34.8 Å². The lowest BCUT2D eigenvalue weighted by molar-refractivity contribution is 0.414. The van der Waals surface area contributed by atoms with E-state index in [2.05, 4.69) is 33.2 Å². The Bertz CT molecular complexity index is 525. The monoisotopic (exact) mass is 310 g/mol. The number of rotatable bonds is 5. The quantitative estimate of drug-likeness (QED) is 0.921. The molecule has 0 saturated heterocycles. The van der Waals surface area contributed by atoms with Crippen LogP contribution in [0.25, 0.3) is 11.3 Å². The maximum absolute atomic E-state index is 5.48. The van der Waals surface area contributed by atoms with Crippen LogP contribution in [0.4, 0.5) is 0 Å². The second-order valence-electron chi connectivity index (χ2n) is 3.75. The highest BCUT2D eigenvalue weighted by Gasteiger charge is 2.15. The number of oxazole rings is 1. The Labute approximate surface area is 114 Å². The van der Waals surface area contributed by atoms with Crippen LogP contribution in [0, 0.1) is 0 Å². The highest BCUT2D eigenvalue weighted by atomic mass is 79.9. The first-order valence-electron chi connectivity index (χ1n) is 5.73. The van der Waals surface area contributed by atoms with Gasteiger partial charge in [-0.05, 0) is 24.7 Å². The summed E-state index contributed by atoms with van der Waals surface area (Å²) in [5.41, 5.74) is 1.79. The third-order valence-electron chi connectivity index (χ3n) is 2.59. The van der Waals surface area contributed by atoms with Gasteiger partial charge in [0.25, 0.3) is 0 Å². The summed E-state index contributed by atoms with van der Waals surface area (Å²) in [6.07, 6.45) is 1.46. The minimum absolute atomic E-state index is 0.682. The highest BCUT2D eigenvalue weighted by Crippen LogP contribution is 2.34. The minimum atomic E-state index is 0.682. The molecule has 2 rings (SSSR count). The molecule has 0 spiro atoms. The number of benzene rings is 1. The van der Waals surface area contributed by atoms with E-state index in [-0.39, 0.29) is 0 Å². The lowest BCUT2D eigenvalue weighted by Crippen LogP contribution is -2.12. The Hall–Kier alpha value is -1.33. The van der Waals surface area contributed by atoms with E-state index < -0.39 is 0 Å². The number of nitrogens with one attached hydrogen (secondary N) is 1. The predicted molar refractivity (Wildman–Crippen MR) is 73.6 cm³/mol. The second-order valence-corrected chi connectivity index (χ2v) is 4.67. The molecule has 0 unspecified atom stereocenters. The number of aromatic nitrogens is 1. The number of nitrogens with zero attached hydrogens (tertiary/aromatic N) is 1. The molecule has 1 heterocycles. The molecule has 0 aliphatic heterocycles. The molecule has 0 amide bonds. The summed E-state index contributed by atoms with van der Waals surface area (Å²) in [6, 6.07) is 5.82. The van der Waals surface area contributed by atoms with Crippen LogP contribution in [0.15, 0.2) is 33.5 Å². The molecule has 5 heteroatoms. The van der Waals surface area contributed by atoms with Crippen LogP contribution in [0.1, 0.15) is 12.6 Å². The van der Waals surface area contributed by atoms with E-state index in [1.54, 1.807) is 7.11 Å². The summed E-state index contributed by atoms with van der Waals surface area (Å²) in [5, 5.41) is 3.24. The lowest BCUT2D eigenvalue weighted by Gasteiger charge is -2.08. The molecule has 0 aliphatic rings. The van der Waals surface area contributed by atoms with Crippen molar-refractivity contribution in [1.82, 2.24) is 10.3 Å². The van der Waals surface area contributed by atoms with Gasteiger partial charge in [-0.2, -0.15) is 0 Å². The van der Waals surface area contributed by atoms with Gasteiger partial charge in [0, 0.05) is 11.0 Å². The largest absolute Gasteiger partial charge is 0.496 e. The molecule has 0 aliphatic carbocycles. The second kappa shape index (κ2) is 6.02. The first-order chi connectivity index (χ1) is 8.76. The van der Waals surface area contributed by atoms with Gasteiger partial charge in [-0.25, -0.2) is 4.98 Å². The zero-order chi connectivity index (χ0) is 13.0. The van der Waals surface area contributed by atoms with Gasteiger partial charge in [-0.3, -0.25) is 0 Å². The predicted octanol–water partition coefficient (Wildman–Crippen LogP) is 3.22. The highest BCUT2D eigenvalue weighted by molar-refractivity contribution is 9.10. The Morgan fingerprint density at radius 3 is 3.00 bits per heavy atom. The molecule has 0 atom stereocenters. The average molecular weight is 311 g/mol. The van der Waals surface area contributed by atoms with Crippen molar-refractivity contribution in [2.24, 2.45) is 0 Å². The average Bonchev–Trinajstić information content (AvgIpc) is 2.84. The van der Waals surface area contributed by atoms with Crippen molar-refractivity contribution in [3.63, 3.8) is 0 Å². The van der Waals surface area contributed by atoms with E-state index in [1.165, 1.54) is 6.39 Å². The molecule has 0 saturated carbocycles. The fourth-order valence-electron chi connectivity index (χ4n) is 1.71. The summed E-state index contributed by atoms with van der Waals surface area (Å²) in [4.78, 5) is 4.23. The van der Waals surface area contributed by atoms with Crippen LogP contribution in [-0.4, -0.2) is 18.6 Å². The van der Waals surface area contributed by atoms with Crippen LogP contribution >= 0.6 is 15.9 Å². The van der Waals surface area contributed by atoms with Gasteiger partial charge in [0.15, 0.2) is 12.2 Å². The van der Waals surface area contributed by atoms with Gasteiger partial charge < -0.3 is 14.5 Å². The number of hydrogen-bond donors (Lipinski definition) is 1. The molecular formula is C13H15BrN2O2. The fourth-order valence-corrected chi connectivity index (χ4v) is 2.05. The van der Waals surface area contributed by atoms with Crippen LogP contribution in [0.3, 0.4) is 0 Å². The van der Waals surface area contributed by atoms with E-state index in [0.29, 0.717) is 6.54 Å². The lowest BCUT2D eigenvalue weighted by atomic mass is 10.1. The van der Waals surface area contributed by atoms with Gasteiger partial charge in [0.05, 0.1) is 12.7 Å². The molecular weight excluding hydrogens is 296 g/mol. The molecule has 2 aromatic rings. The molecule has 4 nitrogen and oxygen atoms in total. The maximum Gasteiger partial charge on any atom is 0.181 e. The molecule has 0 bridgehead atoms. The minimum Gasteiger partial charge on any atom is -0.496 e. The van der Waals surface area contributed by atoms with E-state index in [1.807, 2.05) is 18.2 Å². The summed E-state index contributed by atoms with van der Waals surface area (Å²) >= 11 is 3.42. The van der Waals surface area contributed by atoms with Crippen molar-refractivity contribution in [1.29, 1.82) is 0 Å². The zero-order valence-electron chi connectivity index (χ0n) is 10.4. The molecule has 0 radical (unpaired) electrons. The number of halogens is 1. The molecule has 1 N–H and O–H groups in total. The van der Waals surface area contributed by atoms with Crippen LogP contribution < -0.4 is 10.1 Å². The number of methoxy groups -OCH3 is 1. The Morgan fingerprint density at radius 2 is 2.28 bits per heavy atom. The van der Waals surface area contributed by atoms with Crippen LogP contribution in [-0.2, 0) is 6.54 Å². The SMILES string of the molecule is CCNCc1ncoc1-c1ccc(Br)cc1OC. The Kier molecular flexibility index (Phi) is 4.38. The van der Waals surface area contributed by atoms with Crippen LogP contribution in [0.5, 0.6) is 5.75 Å². The third-order valence-corrected chi connectivity index (χ3v) is 3.09. The topological polar surface area (TPSA) is 47.3 Å². The smallest absolute Gasteiger partial charge is 0.181 e. The first kappa shape index (κ1) is 13.1. The molecule has 18 heavy (non-hydrogen) atoms. The first-order valence-corrected chi connectivity index (χ1v) is 6.52. The maximum atomic E-state index is 5.48. The Balaban J connectivity index is 2.39. The number of hydrogen-bond acceptors (Lipinski definition) is 4. The van der Waals surface area contributed by atoms with Gasteiger partial charge in [-0.1, -0.05) is 22.9 Å². The summed E-state index contributed by atoms with van der Waals surface area (Å²) < 4.78 is 11.8. The van der Waals surface area contributed by atoms with E-state index in [9.17, 15) is 0 Å². The standard InChI is InChI=1S/C13H15BrN2O2/c1-3-15-7-11-13(18-8-16-11)10-5-4-9(14)6-12(10)17-2/h4-6,8,15H,3,7H2,1-2H3. The van der Waals surface area contributed by atoms with Gasteiger partial charge in [-0.15, -0.1) is 0 Å². The normalized spacial score (nSPS) is 10.6. The molecule has 1 aromatic carbocycles. The third kappa shape index (κ3) is 2.73. The van der Waals surface area contributed by atoms with Crippen LogP contribution in [0.2, 0.25) is 0 Å². The summed E-state index contributed by atoms with van der Waals surface area (Å²) in [7, 11) is 1.64. The summed E-state index contributed by atoms with van der Waals surface area (Å²) in [5.74, 6) is 1.51. The molecule has 96 valence electrons. The van der Waals surface area contributed by atoms with Crippen molar-refractivity contribution in [2.75, 3.05) is 13.7 Å². The van der Waals surface area contributed by atoms with Crippen molar-refractivity contribution in [2.45, 2.75) is 13.5 Å².